The van der Waals surface area contributed by atoms with Gasteiger partial charge in [-0.15, -0.1) is 0 Å². The average Bonchev–Trinajstić information content (AvgIpc) is 2.58. The number of nitrogens with zero attached hydrogens (tertiary/aromatic N) is 1. The van der Waals surface area contributed by atoms with E-state index in [0.717, 1.165) is 23.3 Å². The van der Waals surface area contributed by atoms with Crippen LogP contribution >= 0.6 is 15.6 Å². The molecule has 4 N–H and O–H groups in total. The summed E-state index contributed by atoms with van der Waals surface area (Å²) in [6.07, 6.45) is 5.01. The minimum atomic E-state index is -5.10. The summed E-state index contributed by atoms with van der Waals surface area (Å²) < 4.78 is 30.0. The standard InChI is InChI=1S/C17H24N2O7P2/c1-14(9-10-25-28(23,24)26-27(20,21)22)5-3-6-15(2)13-19-17-8-4-7-16(11-17)12-18/h4,6-9,11,19H,3,5,10,13H2,1-2H3,(H,23,24)(H2,20,21,22). The Morgan fingerprint density at radius 1 is 1.21 bits per heavy atom. The third-order valence-corrected chi connectivity index (χ3v) is 5.63. The fraction of sp³-hybridized carbons (Fsp3) is 0.353. The van der Waals surface area contributed by atoms with Gasteiger partial charge in [-0.25, -0.2) is 9.13 Å². The first-order chi connectivity index (χ1) is 13.0. The molecule has 0 spiro atoms. The van der Waals surface area contributed by atoms with Gasteiger partial charge in [0, 0.05) is 12.2 Å². The number of hydrogen-bond acceptors (Lipinski definition) is 6. The van der Waals surface area contributed by atoms with Gasteiger partial charge in [0.1, 0.15) is 0 Å². The summed E-state index contributed by atoms with van der Waals surface area (Å²) in [6.45, 7) is 4.11. The highest BCUT2D eigenvalue weighted by molar-refractivity contribution is 7.60. The zero-order valence-corrected chi connectivity index (χ0v) is 17.4. The number of nitriles is 1. The normalized spacial score (nSPS) is 15.0. The average molecular weight is 430 g/mol. The molecule has 0 aliphatic rings. The van der Waals surface area contributed by atoms with E-state index in [1.54, 1.807) is 18.2 Å². The molecule has 1 rings (SSSR count). The lowest BCUT2D eigenvalue weighted by Crippen LogP contribution is -2.02. The molecule has 0 saturated carbocycles. The van der Waals surface area contributed by atoms with Gasteiger partial charge in [0.15, 0.2) is 0 Å². The molecule has 0 radical (unpaired) electrons. The van der Waals surface area contributed by atoms with E-state index in [9.17, 15) is 9.13 Å². The molecule has 0 saturated heterocycles. The summed E-state index contributed by atoms with van der Waals surface area (Å²) in [5, 5.41) is 12.1. The Hall–Kier alpha value is -1.75. The molecule has 1 aromatic carbocycles. The zero-order valence-electron chi connectivity index (χ0n) is 15.6. The minimum absolute atomic E-state index is 0.306. The molecule has 28 heavy (non-hydrogen) atoms. The molecular weight excluding hydrogens is 406 g/mol. The first-order valence-corrected chi connectivity index (χ1v) is 11.3. The van der Waals surface area contributed by atoms with Gasteiger partial charge in [0.25, 0.3) is 0 Å². The smallest absolute Gasteiger partial charge is 0.381 e. The second-order valence-corrected chi connectivity index (χ2v) is 8.85. The Bertz CT molecular complexity index is 855. The number of anilines is 1. The number of phosphoric ester groups is 1. The van der Waals surface area contributed by atoms with E-state index >= 15 is 0 Å². The third kappa shape index (κ3) is 11.2. The van der Waals surface area contributed by atoms with Crippen molar-refractivity contribution in [2.45, 2.75) is 26.7 Å². The molecule has 11 heteroatoms. The molecule has 0 aliphatic carbocycles. The number of phosphoric acid groups is 2. The van der Waals surface area contributed by atoms with Crippen LogP contribution in [-0.4, -0.2) is 27.8 Å². The minimum Gasteiger partial charge on any atom is -0.381 e. The van der Waals surface area contributed by atoms with Crippen molar-refractivity contribution in [3.8, 4) is 6.07 Å². The highest BCUT2D eigenvalue weighted by atomic mass is 31.3. The summed E-state index contributed by atoms with van der Waals surface area (Å²) in [7, 11) is -9.91. The molecule has 0 amide bonds. The van der Waals surface area contributed by atoms with Crippen LogP contribution in [0.1, 0.15) is 32.3 Å². The lowest BCUT2D eigenvalue weighted by molar-refractivity contribution is 0.191. The lowest BCUT2D eigenvalue weighted by atomic mass is 10.1. The van der Waals surface area contributed by atoms with Gasteiger partial charge in [-0.2, -0.15) is 9.57 Å². The maximum Gasteiger partial charge on any atom is 0.481 e. The van der Waals surface area contributed by atoms with E-state index in [4.69, 9.17) is 19.9 Å². The van der Waals surface area contributed by atoms with Gasteiger partial charge in [0.05, 0.1) is 18.2 Å². The Labute approximate surface area is 164 Å². The number of nitrogens with one attached hydrogen (secondary N) is 1. The van der Waals surface area contributed by atoms with Crippen LogP contribution in [0, 0.1) is 11.3 Å². The van der Waals surface area contributed by atoms with Crippen LogP contribution in [0.5, 0.6) is 0 Å². The van der Waals surface area contributed by atoms with Crippen LogP contribution < -0.4 is 5.32 Å². The predicted octanol–water partition coefficient (Wildman–Crippen LogP) is 3.87. The molecular formula is C17H24N2O7P2. The maximum atomic E-state index is 11.3. The quantitative estimate of drug-likeness (QED) is 0.303. The van der Waals surface area contributed by atoms with Crippen LogP contribution in [0.3, 0.4) is 0 Å². The Kier molecular flexibility index (Phi) is 9.80. The number of benzene rings is 1. The Morgan fingerprint density at radius 3 is 2.57 bits per heavy atom. The van der Waals surface area contributed by atoms with E-state index in [-0.39, 0.29) is 6.61 Å². The van der Waals surface area contributed by atoms with Crippen molar-refractivity contribution in [2.75, 3.05) is 18.5 Å². The summed E-state index contributed by atoms with van der Waals surface area (Å²) >= 11 is 0. The molecule has 0 aliphatic heterocycles. The van der Waals surface area contributed by atoms with E-state index < -0.39 is 15.6 Å². The highest BCUT2D eigenvalue weighted by Crippen LogP contribution is 2.57. The highest BCUT2D eigenvalue weighted by Gasteiger charge is 2.31. The van der Waals surface area contributed by atoms with Crippen LogP contribution in [0.4, 0.5) is 5.69 Å². The van der Waals surface area contributed by atoms with Crippen molar-refractivity contribution in [1.82, 2.24) is 0 Å². The Morgan fingerprint density at radius 2 is 1.93 bits per heavy atom. The van der Waals surface area contributed by atoms with Crippen molar-refractivity contribution in [3.05, 3.63) is 53.1 Å². The molecule has 154 valence electrons. The van der Waals surface area contributed by atoms with Crippen molar-refractivity contribution in [2.24, 2.45) is 0 Å². The van der Waals surface area contributed by atoms with Gasteiger partial charge in [-0.05, 0) is 44.9 Å². The summed E-state index contributed by atoms with van der Waals surface area (Å²) in [6, 6.07) is 9.30. The molecule has 1 atom stereocenters. The third-order valence-electron chi connectivity index (χ3n) is 3.47. The molecule has 0 fully saturated rings. The zero-order chi connectivity index (χ0) is 21.2. The van der Waals surface area contributed by atoms with Gasteiger partial charge in [0.2, 0.25) is 0 Å². The van der Waals surface area contributed by atoms with Gasteiger partial charge in [-0.3, -0.25) is 4.52 Å². The largest absolute Gasteiger partial charge is 0.481 e. The van der Waals surface area contributed by atoms with E-state index in [2.05, 4.69) is 20.2 Å². The number of rotatable bonds is 11. The van der Waals surface area contributed by atoms with Crippen molar-refractivity contribution in [3.63, 3.8) is 0 Å². The van der Waals surface area contributed by atoms with Gasteiger partial charge in [-0.1, -0.05) is 29.4 Å². The van der Waals surface area contributed by atoms with Crippen molar-refractivity contribution < 1.29 is 32.6 Å². The molecule has 0 heterocycles. The van der Waals surface area contributed by atoms with Crippen LogP contribution in [0.25, 0.3) is 0 Å². The summed E-state index contributed by atoms with van der Waals surface area (Å²) in [4.78, 5) is 26.2. The molecule has 1 aromatic rings. The van der Waals surface area contributed by atoms with E-state index in [1.807, 2.05) is 32.1 Å². The summed E-state index contributed by atoms with van der Waals surface area (Å²) in [5.74, 6) is 0. The molecule has 1 unspecified atom stereocenters. The predicted molar refractivity (Wildman–Crippen MR) is 105 cm³/mol. The monoisotopic (exact) mass is 430 g/mol. The second kappa shape index (κ2) is 11.3. The van der Waals surface area contributed by atoms with Crippen molar-refractivity contribution >= 4 is 21.3 Å². The fourth-order valence-electron chi connectivity index (χ4n) is 2.09. The van der Waals surface area contributed by atoms with E-state index in [1.165, 1.54) is 0 Å². The van der Waals surface area contributed by atoms with E-state index in [0.29, 0.717) is 18.5 Å². The maximum absolute atomic E-state index is 11.3. The fourth-order valence-corrected chi connectivity index (χ4v) is 3.62. The lowest BCUT2D eigenvalue weighted by Gasteiger charge is -2.11. The van der Waals surface area contributed by atoms with Crippen LogP contribution in [-0.2, 0) is 18.0 Å². The first-order valence-electron chi connectivity index (χ1n) is 8.30. The first kappa shape index (κ1) is 24.3. The Balaban J connectivity index is 2.38. The number of allylic oxidation sites excluding steroid dienone is 2. The molecule has 9 nitrogen and oxygen atoms in total. The van der Waals surface area contributed by atoms with Crippen LogP contribution in [0.15, 0.2) is 47.6 Å². The SMILES string of the molecule is CC(=CCOP(=O)(O)OP(=O)(O)O)CCC=C(C)CNc1cccc(C#N)c1. The van der Waals surface area contributed by atoms with Crippen LogP contribution in [0.2, 0.25) is 0 Å². The number of hydrogen-bond donors (Lipinski definition) is 4. The molecule has 0 aromatic heterocycles. The second-order valence-electron chi connectivity index (χ2n) is 6.02. The summed E-state index contributed by atoms with van der Waals surface area (Å²) in [5.41, 5.74) is 3.45. The van der Waals surface area contributed by atoms with Crippen molar-refractivity contribution in [1.29, 1.82) is 5.26 Å². The topological polar surface area (TPSA) is 149 Å². The molecule has 0 bridgehead atoms. The van der Waals surface area contributed by atoms with Gasteiger partial charge < -0.3 is 20.0 Å². The van der Waals surface area contributed by atoms with Gasteiger partial charge >= 0.3 is 15.6 Å².